The topological polar surface area (TPSA) is 118 Å². The van der Waals surface area contributed by atoms with Crippen molar-refractivity contribution in [2.24, 2.45) is 0 Å². The van der Waals surface area contributed by atoms with Crippen LogP contribution < -0.4 is 15.5 Å². The maximum atomic E-state index is 12.3. The van der Waals surface area contributed by atoms with Gasteiger partial charge in [-0.3, -0.25) is 14.9 Å². The Kier molecular flexibility index (Phi) is 4.29. The van der Waals surface area contributed by atoms with Gasteiger partial charge < -0.3 is 15.1 Å². The van der Waals surface area contributed by atoms with E-state index in [9.17, 15) is 14.4 Å². The summed E-state index contributed by atoms with van der Waals surface area (Å²) in [6.07, 6.45) is 1.58. The highest BCUT2D eigenvalue weighted by Gasteiger charge is 2.33. The molecule has 1 unspecified atom stereocenters. The fourth-order valence-electron chi connectivity index (χ4n) is 2.81. The summed E-state index contributed by atoms with van der Waals surface area (Å²) in [5.74, 6) is -0.0350. The average molecular weight is 328 g/mol. The summed E-state index contributed by atoms with van der Waals surface area (Å²) in [7, 11) is 0. The Hall–Kier alpha value is -3.15. The molecule has 0 radical (unpaired) electrons. The van der Waals surface area contributed by atoms with Gasteiger partial charge in [-0.05, 0) is 12.1 Å². The second-order valence-corrected chi connectivity index (χ2v) is 5.57. The van der Waals surface area contributed by atoms with Crippen molar-refractivity contribution in [3.05, 3.63) is 23.9 Å². The molecule has 0 aliphatic carbocycles. The van der Waals surface area contributed by atoms with Crippen molar-refractivity contribution in [2.75, 3.05) is 31.1 Å². The Bertz CT molecular complexity index is 720. The molecule has 0 bridgehead atoms. The van der Waals surface area contributed by atoms with Crippen molar-refractivity contribution in [2.45, 2.75) is 12.5 Å². The first-order valence-electron chi connectivity index (χ1n) is 7.57. The molecule has 9 heteroatoms. The maximum absolute atomic E-state index is 12.3. The molecule has 4 amide bonds. The van der Waals surface area contributed by atoms with Gasteiger partial charge in [0.25, 0.3) is 5.91 Å². The summed E-state index contributed by atoms with van der Waals surface area (Å²) in [4.78, 5) is 42.7. The molecular weight excluding hydrogens is 312 g/mol. The van der Waals surface area contributed by atoms with Crippen LogP contribution >= 0.6 is 0 Å². The van der Waals surface area contributed by atoms with Crippen LogP contribution in [0, 0.1) is 11.3 Å². The van der Waals surface area contributed by atoms with Gasteiger partial charge in [0.05, 0.1) is 12.0 Å². The van der Waals surface area contributed by atoms with E-state index in [1.54, 1.807) is 23.2 Å². The standard InChI is InChI=1S/C15H16N6O3/c16-9-10-2-1-3-17-13(10)21-6-4-20(5-7-21)12(22)8-11-14(23)19-15(24)18-11/h1-3,11H,4-8H2,(H2,18,19,23,24). The molecule has 9 nitrogen and oxygen atoms in total. The van der Waals surface area contributed by atoms with Gasteiger partial charge in [0, 0.05) is 32.4 Å². The van der Waals surface area contributed by atoms with E-state index in [2.05, 4.69) is 21.7 Å². The van der Waals surface area contributed by atoms with Gasteiger partial charge in [-0.25, -0.2) is 9.78 Å². The number of carbonyl (C=O) groups is 3. The summed E-state index contributed by atoms with van der Waals surface area (Å²) in [6.45, 7) is 2.06. The van der Waals surface area contributed by atoms with E-state index in [1.165, 1.54) is 0 Å². The quantitative estimate of drug-likeness (QED) is 0.701. The second kappa shape index (κ2) is 6.54. The molecule has 0 saturated carbocycles. The number of urea groups is 1. The number of nitrogens with one attached hydrogen (secondary N) is 2. The number of piperazine rings is 1. The van der Waals surface area contributed by atoms with Crippen LogP contribution in [0.5, 0.6) is 0 Å². The number of imide groups is 1. The van der Waals surface area contributed by atoms with Gasteiger partial charge in [-0.15, -0.1) is 0 Å². The molecule has 2 saturated heterocycles. The third-order valence-corrected chi connectivity index (χ3v) is 4.08. The summed E-state index contributed by atoms with van der Waals surface area (Å²) in [6, 6.07) is 4.17. The zero-order valence-electron chi connectivity index (χ0n) is 12.9. The predicted molar refractivity (Wildman–Crippen MR) is 82.8 cm³/mol. The average Bonchev–Trinajstić information content (AvgIpc) is 2.92. The van der Waals surface area contributed by atoms with Crippen LogP contribution in [-0.4, -0.2) is 60.0 Å². The highest BCUT2D eigenvalue weighted by atomic mass is 16.2. The molecule has 0 aromatic carbocycles. The Morgan fingerprint density at radius 3 is 2.71 bits per heavy atom. The summed E-state index contributed by atoms with van der Waals surface area (Å²) in [5.41, 5.74) is 0.502. The minimum absolute atomic E-state index is 0.0510. The monoisotopic (exact) mass is 328 g/mol. The number of aromatic nitrogens is 1. The number of anilines is 1. The molecule has 2 aliphatic rings. The van der Waals surface area contributed by atoms with Crippen molar-refractivity contribution in [1.29, 1.82) is 5.26 Å². The highest BCUT2D eigenvalue weighted by Crippen LogP contribution is 2.18. The lowest BCUT2D eigenvalue weighted by molar-refractivity contribution is -0.134. The molecule has 1 aromatic rings. The maximum Gasteiger partial charge on any atom is 0.322 e. The Balaban J connectivity index is 1.57. The summed E-state index contributed by atoms with van der Waals surface area (Å²) >= 11 is 0. The molecule has 1 aromatic heterocycles. The van der Waals surface area contributed by atoms with E-state index in [1.807, 2.05) is 4.90 Å². The molecule has 124 valence electrons. The number of pyridine rings is 1. The largest absolute Gasteiger partial charge is 0.352 e. The number of carbonyl (C=O) groups excluding carboxylic acids is 3. The van der Waals surface area contributed by atoms with E-state index < -0.39 is 18.0 Å². The molecule has 3 rings (SSSR count). The van der Waals surface area contributed by atoms with E-state index in [0.29, 0.717) is 37.6 Å². The van der Waals surface area contributed by atoms with Crippen molar-refractivity contribution in [1.82, 2.24) is 20.5 Å². The zero-order valence-corrected chi connectivity index (χ0v) is 12.9. The van der Waals surface area contributed by atoms with Crippen LogP contribution in [0.15, 0.2) is 18.3 Å². The van der Waals surface area contributed by atoms with Gasteiger partial charge in [-0.2, -0.15) is 5.26 Å². The predicted octanol–water partition coefficient (Wildman–Crippen LogP) is -0.800. The van der Waals surface area contributed by atoms with Crippen molar-refractivity contribution in [3.63, 3.8) is 0 Å². The third kappa shape index (κ3) is 3.12. The fourth-order valence-corrected chi connectivity index (χ4v) is 2.81. The van der Waals surface area contributed by atoms with Gasteiger partial charge in [0.15, 0.2) is 0 Å². The molecule has 0 spiro atoms. The number of hydrogen-bond donors (Lipinski definition) is 2. The van der Waals surface area contributed by atoms with Crippen molar-refractivity contribution < 1.29 is 14.4 Å². The van der Waals surface area contributed by atoms with Gasteiger partial charge in [0.1, 0.15) is 17.9 Å². The fraction of sp³-hybridized carbons (Fsp3) is 0.400. The summed E-state index contributed by atoms with van der Waals surface area (Å²) < 4.78 is 0. The molecule has 1 atom stereocenters. The van der Waals surface area contributed by atoms with Gasteiger partial charge in [-0.1, -0.05) is 0 Å². The normalized spacial score (nSPS) is 20.4. The molecule has 24 heavy (non-hydrogen) atoms. The van der Waals surface area contributed by atoms with E-state index in [-0.39, 0.29) is 12.3 Å². The minimum Gasteiger partial charge on any atom is -0.352 e. The lowest BCUT2D eigenvalue weighted by Crippen LogP contribution is -2.50. The number of hydrogen-bond acceptors (Lipinski definition) is 6. The van der Waals surface area contributed by atoms with E-state index >= 15 is 0 Å². The number of amides is 4. The Labute approximate surface area is 138 Å². The molecular formula is C15H16N6O3. The van der Waals surface area contributed by atoms with Crippen molar-refractivity contribution in [3.8, 4) is 6.07 Å². The van der Waals surface area contributed by atoms with Crippen LogP contribution in [0.2, 0.25) is 0 Å². The number of rotatable bonds is 3. The number of nitrogens with zero attached hydrogens (tertiary/aromatic N) is 4. The second-order valence-electron chi connectivity index (χ2n) is 5.57. The van der Waals surface area contributed by atoms with Gasteiger partial charge >= 0.3 is 6.03 Å². The first kappa shape index (κ1) is 15.7. The van der Waals surface area contributed by atoms with Crippen LogP contribution in [0.4, 0.5) is 10.6 Å². The first-order valence-corrected chi connectivity index (χ1v) is 7.57. The van der Waals surface area contributed by atoms with Crippen LogP contribution in [-0.2, 0) is 9.59 Å². The number of nitriles is 1. The molecule has 2 aliphatic heterocycles. The molecule has 2 N–H and O–H groups in total. The highest BCUT2D eigenvalue weighted by molar-refractivity contribution is 6.05. The molecule has 3 heterocycles. The minimum atomic E-state index is -0.802. The summed E-state index contributed by atoms with van der Waals surface area (Å²) in [5, 5.41) is 13.7. The van der Waals surface area contributed by atoms with Gasteiger partial charge in [0.2, 0.25) is 5.91 Å². The third-order valence-electron chi connectivity index (χ3n) is 4.08. The molecule has 2 fully saturated rings. The van der Waals surface area contributed by atoms with Crippen LogP contribution in [0.1, 0.15) is 12.0 Å². The Morgan fingerprint density at radius 2 is 2.08 bits per heavy atom. The van der Waals surface area contributed by atoms with Crippen LogP contribution in [0.25, 0.3) is 0 Å². The lowest BCUT2D eigenvalue weighted by Gasteiger charge is -2.36. The van der Waals surface area contributed by atoms with E-state index in [4.69, 9.17) is 5.26 Å². The zero-order chi connectivity index (χ0) is 17.1. The van der Waals surface area contributed by atoms with Crippen LogP contribution in [0.3, 0.4) is 0 Å². The SMILES string of the molecule is N#Cc1cccnc1N1CCN(C(=O)CC2NC(=O)NC2=O)CC1. The Morgan fingerprint density at radius 1 is 1.33 bits per heavy atom. The smallest absolute Gasteiger partial charge is 0.322 e. The van der Waals surface area contributed by atoms with Crippen molar-refractivity contribution >= 4 is 23.7 Å². The lowest BCUT2D eigenvalue weighted by atomic mass is 10.1. The first-order chi connectivity index (χ1) is 11.6. The van der Waals surface area contributed by atoms with E-state index in [0.717, 1.165) is 0 Å².